The topological polar surface area (TPSA) is 57.7 Å². The predicted octanol–water partition coefficient (Wildman–Crippen LogP) is 0.494. The largest absolute Gasteiger partial charge is 0.376 e. The van der Waals surface area contributed by atoms with Gasteiger partial charge in [0, 0.05) is 52.1 Å². The van der Waals surface area contributed by atoms with Gasteiger partial charge in [-0.05, 0) is 25.0 Å². The normalized spacial score (nSPS) is 23.0. The van der Waals surface area contributed by atoms with Crippen molar-refractivity contribution in [2.45, 2.75) is 25.5 Å². The number of ether oxygens (including phenoxy) is 1. The monoisotopic (exact) mass is 318 g/mol. The summed E-state index contributed by atoms with van der Waals surface area (Å²) >= 11 is 0. The van der Waals surface area contributed by atoms with E-state index in [0.29, 0.717) is 13.1 Å². The first-order valence-electron chi connectivity index (χ1n) is 8.52. The second-order valence-corrected chi connectivity index (χ2v) is 6.31. The van der Waals surface area contributed by atoms with E-state index in [9.17, 15) is 4.79 Å². The molecule has 0 aromatic carbocycles. The van der Waals surface area contributed by atoms with Crippen LogP contribution in [-0.4, -0.2) is 72.7 Å². The van der Waals surface area contributed by atoms with E-state index in [4.69, 9.17) is 4.74 Å². The Labute approximate surface area is 137 Å². The predicted molar refractivity (Wildman–Crippen MR) is 87.9 cm³/mol. The molecule has 6 heteroatoms. The summed E-state index contributed by atoms with van der Waals surface area (Å²) in [4.78, 5) is 21.0. The molecule has 3 heterocycles. The Morgan fingerprint density at radius 1 is 1.26 bits per heavy atom. The number of carbonyl (C=O) groups is 1. The molecule has 0 saturated carbocycles. The van der Waals surface area contributed by atoms with Crippen LogP contribution in [0.5, 0.6) is 0 Å². The highest BCUT2D eigenvalue weighted by Crippen LogP contribution is 2.10. The van der Waals surface area contributed by atoms with Crippen molar-refractivity contribution in [2.75, 3.05) is 45.9 Å². The molecule has 2 aliphatic heterocycles. The van der Waals surface area contributed by atoms with E-state index in [1.54, 1.807) is 0 Å². The molecule has 1 atom stereocenters. The lowest BCUT2D eigenvalue weighted by atomic mass is 10.2. The third-order valence-electron chi connectivity index (χ3n) is 4.49. The number of aromatic nitrogens is 1. The van der Waals surface area contributed by atoms with Crippen LogP contribution in [0.3, 0.4) is 0 Å². The summed E-state index contributed by atoms with van der Waals surface area (Å²) in [6.45, 7) is 6.69. The van der Waals surface area contributed by atoms with Gasteiger partial charge in [-0.2, -0.15) is 0 Å². The van der Waals surface area contributed by atoms with Gasteiger partial charge in [0.05, 0.1) is 18.3 Å². The van der Waals surface area contributed by atoms with Crippen molar-refractivity contribution < 1.29 is 9.53 Å². The van der Waals surface area contributed by atoms with Crippen molar-refractivity contribution in [3.8, 4) is 0 Å². The third-order valence-corrected chi connectivity index (χ3v) is 4.49. The molecule has 0 radical (unpaired) electrons. The molecule has 0 aliphatic carbocycles. The molecule has 1 N–H and O–H groups in total. The second kappa shape index (κ2) is 8.38. The fourth-order valence-electron chi connectivity index (χ4n) is 3.12. The minimum atomic E-state index is 0.110. The number of pyridine rings is 1. The highest BCUT2D eigenvalue weighted by atomic mass is 16.5. The summed E-state index contributed by atoms with van der Waals surface area (Å²) in [7, 11) is 0. The molecule has 1 unspecified atom stereocenters. The van der Waals surface area contributed by atoms with Gasteiger partial charge in [-0.15, -0.1) is 0 Å². The molecule has 2 saturated heterocycles. The molecular formula is C17H26N4O2. The van der Waals surface area contributed by atoms with Crippen molar-refractivity contribution in [1.82, 2.24) is 20.1 Å². The summed E-state index contributed by atoms with van der Waals surface area (Å²) in [5.41, 5.74) is 1.11. The Bertz CT molecular complexity index is 483. The number of carbonyl (C=O) groups excluding carboxylic acids is 1. The van der Waals surface area contributed by atoms with Crippen LogP contribution >= 0.6 is 0 Å². The maximum Gasteiger partial charge on any atom is 0.234 e. The Morgan fingerprint density at radius 3 is 2.78 bits per heavy atom. The number of piperazine rings is 1. The van der Waals surface area contributed by atoms with Crippen LogP contribution in [0.15, 0.2) is 24.4 Å². The highest BCUT2D eigenvalue weighted by molar-refractivity contribution is 5.78. The first kappa shape index (κ1) is 16.4. The van der Waals surface area contributed by atoms with E-state index in [2.05, 4.69) is 26.2 Å². The van der Waals surface area contributed by atoms with Gasteiger partial charge in [0.1, 0.15) is 0 Å². The standard InChI is InChI=1S/C17H26N4O2/c22-17(19-12-16-5-3-11-23-16)14-21-9-7-20(8-10-21)13-15-4-1-2-6-18-15/h1-2,4,6,16H,3,5,7-14H2,(H,19,22). The lowest BCUT2D eigenvalue weighted by Gasteiger charge is -2.34. The zero-order valence-corrected chi connectivity index (χ0v) is 13.6. The number of nitrogens with zero attached hydrogens (tertiary/aromatic N) is 3. The van der Waals surface area contributed by atoms with Gasteiger partial charge >= 0.3 is 0 Å². The summed E-state index contributed by atoms with van der Waals surface area (Å²) in [6, 6.07) is 6.03. The first-order chi connectivity index (χ1) is 11.3. The van der Waals surface area contributed by atoms with E-state index in [-0.39, 0.29) is 12.0 Å². The van der Waals surface area contributed by atoms with Crippen LogP contribution in [-0.2, 0) is 16.1 Å². The zero-order valence-electron chi connectivity index (χ0n) is 13.6. The average molecular weight is 318 g/mol. The van der Waals surface area contributed by atoms with Gasteiger partial charge < -0.3 is 10.1 Å². The van der Waals surface area contributed by atoms with Crippen LogP contribution in [0.1, 0.15) is 18.5 Å². The van der Waals surface area contributed by atoms with Crippen molar-refractivity contribution in [1.29, 1.82) is 0 Å². The molecule has 1 amide bonds. The highest BCUT2D eigenvalue weighted by Gasteiger charge is 2.20. The summed E-state index contributed by atoms with van der Waals surface area (Å²) in [5, 5.41) is 2.99. The van der Waals surface area contributed by atoms with Gasteiger partial charge in [-0.1, -0.05) is 6.07 Å². The summed E-state index contributed by atoms with van der Waals surface area (Å²) < 4.78 is 5.52. The maximum absolute atomic E-state index is 12.0. The number of amides is 1. The van der Waals surface area contributed by atoms with Crippen molar-refractivity contribution in [3.05, 3.63) is 30.1 Å². The van der Waals surface area contributed by atoms with E-state index < -0.39 is 0 Å². The first-order valence-corrected chi connectivity index (χ1v) is 8.52. The van der Waals surface area contributed by atoms with Crippen molar-refractivity contribution in [3.63, 3.8) is 0 Å². The molecule has 1 aromatic rings. The van der Waals surface area contributed by atoms with Crippen LogP contribution in [0.4, 0.5) is 0 Å². The molecule has 0 bridgehead atoms. The maximum atomic E-state index is 12.0. The molecule has 0 spiro atoms. The van der Waals surface area contributed by atoms with Gasteiger partial charge in [0.15, 0.2) is 0 Å². The average Bonchev–Trinajstić information content (AvgIpc) is 3.09. The summed E-state index contributed by atoms with van der Waals surface area (Å²) in [6.07, 6.45) is 4.23. The van der Waals surface area contributed by atoms with Crippen molar-refractivity contribution in [2.24, 2.45) is 0 Å². The molecule has 2 aliphatic rings. The quantitative estimate of drug-likeness (QED) is 0.827. The van der Waals surface area contributed by atoms with Crippen molar-refractivity contribution >= 4 is 5.91 Å². The van der Waals surface area contributed by atoms with Crippen LogP contribution in [0, 0.1) is 0 Å². The lowest BCUT2D eigenvalue weighted by molar-refractivity contribution is -0.123. The SMILES string of the molecule is O=C(CN1CCN(Cc2ccccn2)CC1)NCC1CCCO1. The number of rotatable bonds is 6. The molecule has 23 heavy (non-hydrogen) atoms. The Morgan fingerprint density at radius 2 is 2.09 bits per heavy atom. The summed E-state index contributed by atoms with van der Waals surface area (Å²) in [5.74, 6) is 0.110. The van der Waals surface area contributed by atoms with Gasteiger partial charge in [-0.3, -0.25) is 19.6 Å². The van der Waals surface area contributed by atoms with Gasteiger partial charge in [0.2, 0.25) is 5.91 Å². The van der Waals surface area contributed by atoms with Gasteiger partial charge in [-0.25, -0.2) is 0 Å². The van der Waals surface area contributed by atoms with Crippen LogP contribution in [0.25, 0.3) is 0 Å². The molecule has 1 aromatic heterocycles. The Balaban J connectivity index is 1.33. The molecular weight excluding hydrogens is 292 g/mol. The number of hydrogen-bond acceptors (Lipinski definition) is 5. The zero-order chi connectivity index (χ0) is 15.9. The Hall–Kier alpha value is -1.50. The third kappa shape index (κ3) is 5.27. The smallest absolute Gasteiger partial charge is 0.234 e. The molecule has 3 rings (SSSR count). The number of hydrogen-bond donors (Lipinski definition) is 1. The Kier molecular flexibility index (Phi) is 5.96. The molecule has 126 valence electrons. The van der Waals surface area contributed by atoms with Crippen LogP contribution in [0.2, 0.25) is 0 Å². The fourth-order valence-corrected chi connectivity index (χ4v) is 3.12. The van der Waals surface area contributed by atoms with E-state index in [0.717, 1.165) is 57.9 Å². The van der Waals surface area contributed by atoms with E-state index in [1.165, 1.54) is 0 Å². The minimum absolute atomic E-state index is 0.110. The fraction of sp³-hybridized carbons (Fsp3) is 0.647. The minimum Gasteiger partial charge on any atom is -0.376 e. The van der Waals surface area contributed by atoms with Crippen LogP contribution < -0.4 is 5.32 Å². The van der Waals surface area contributed by atoms with Gasteiger partial charge in [0.25, 0.3) is 0 Å². The lowest BCUT2D eigenvalue weighted by Crippen LogP contribution is -2.49. The van der Waals surface area contributed by atoms with E-state index in [1.807, 2.05) is 18.3 Å². The van der Waals surface area contributed by atoms with E-state index >= 15 is 0 Å². The number of nitrogens with one attached hydrogen (secondary N) is 1. The molecule has 2 fully saturated rings. The molecule has 6 nitrogen and oxygen atoms in total. The second-order valence-electron chi connectivity index (χ2n) is 6.31.